The van der Waals surface area contributed by atoms with Crippen LogP contribution in [0.3, 0.4) is 0 Å². The van der Waals surface area contributed by atoms with Gasteiger partial charge in [-0.15, -0.1) is 0 Å². The lowest BCUT2D eigenvalue weighted by Crippen LogP contribution is -2.14. The Morgan fingerprint density at radius 2 is 2.54 bits per heavy atom. The average Bonchev–Trinajstić information content (AvgIpc) is 2.14. The number of nitriles is 1. The normalized spacial score (nSPS) is 12.1. The lowest BCUT2D eigenvalue weighted by molar-refractivity contribution is 0.284. The number of hydrogen-bond acceptors (Lipinski definition) is 4. The van der Waals surface area contributed by atoms with Gasteiger partial charge in [0.05, 0.1) is 24.7 Å². The van der Waals surface area contributed by atoms with Crippen molar-refractivity contribution < 1.29 is 5.11 Å². The summed E-state index contributed by atoms with van der Waals surface area (Å²) in [5, 5.41) is 17.2. The van der Waals surface area contributed by atoms with Crippen LogP contribution >= 0.6 is 11.6 Å². The van der Waals surface area contributed by atoms with Crippen molar-refractivity contribution in [2.45, 2.75) is 5.92 Å². The Morgan fingerprint density at radius 1 is 1.85 bits per heavy atom. The summed E-state index contributed by atoms with van der Waals surface area (Å²) in [4.78, 5) is 16.9. The summed E-state index contributed by atoms with van der Waals surface area (Å²) in [6, 6.07) is 1.79. The Bertz CT molecular complexity index is 395. The highest BCUT2D eigenvalue weighted by atomic mass is 35.5. The molecule has 68 valence electrons. The first-order valence-electron chi connectivity index (χ1n) is 3.44. The molecule has 1 aromatic rings. The van der Waals surface area contributed by atoms with Crippen LogP contribution < -0.4 is 5.56 Å². The minimum Gasteiger partial charge on any atom is -0.395 e. The molecule has 0 aliphatic carbocycles. The molecule has 0 aliphatic heterocycles. The Morgan fingerprint density at radius 3 is 3.08 bits per heavy atom. The van der Waals surface area contributed by atoms with Gasteiger partial charge in [0.1, 0.15) is 10.9 Å². The van der Waals surface area contributed by atoms with E-state index >= 15 is 0 Å². The summed E-state index contributed by atoms with van der Waals surface area (Å²) in [6.45, 7) is -0.410. The third-order valence-electron chi connectivity index (χ3n) is 1.49. The smallest absolute Gasteiger partial charge is 0.269 e. The molecule has 1 atom stereocenters. The molecule has 6 heteroatoms. The summed E-state index contributed by atoms with van der Waals surface area (Å²) in [7, 11) is 0. The largest absolute Gasteiger partial charge is 0.395 e. The van der Waals surface area contributed by atoms with Crippen LogP contribution in [0.2, 0.25) is 5.02 Å². The predicted molar refractivity (Wildman–Crippen MR) is 45.3 cm³/mol. The van der Waals surface area contributed by atoms with Crippen LogP contribution in [0, 0.1) is 11.3 Å². The number of aliphatic hydroxyl groups is 1. The van der Waals surface area contributed by atoms with Gasteiger partial charge in [-0.3, -0.25) is 4.79 Å². The number of nitrogens with zero attached hydrogens (tertiary/aromatic N) is 2. The second-order valence-corrected chi connectivity index (χ2v) is 2.67. The second-order valence-electron chi connectivity index (χ2n) is 2.30. The molecular formula is C7H6ClN3O2. The van der Waals surface area contributed by atoms with E-state index in [4.69, 9.17) is 22.0 Å². The van der Waals surface area contributed by atoms with Crippen molar-refractivity contribution in [1.82, 2.24) is 9.97 Å². The predicted octanol–water partition coefficient (Wildman–Crippen LogP) is 0.0228. The Kier molecular flexibility index (Phi) is 3.01. The third kappa shape index (κ3) is 1.86. The minimum atomic E-state index is -0.852. The molecule has 1 aromatic heterocycles. The molecule has 0 radical (unpaired) electrons. The van der Waals surface area contributed by atoms with Crippen molar-refractivity contribution in [3.8, 4) is 6.07 Å². The Labute approximate surface area is 78.6 Å². The zero-order chi connectivity index (χ0) is 9.84. The Balaban J connectivity index is 3.23. The van der Waals surface area contributed by atoms with Gasteiger partial charge in [0.15, 0.2) is 0 Å². The highest BCUT2D eigenvalue weighted by Gasteiger charge is 2.16. The maximum Gasteiger partial charge on any atom is 0.269 e. The fourth-order valence-corrected chi connectivity index (χ4v) is 1.06. The van der Waals surface area contributed by atoms with Crippen molar-refractivity contribution >= 4 is 11.6 Å². The van der Waals surface area contributed by atoms with E-state index in [-0.39, 0.29) is 10.7 Å². The van der Waals surface area contributed by atoms with Crippen LogP contribution in [-0.2, 0) is 0 Å². The summed E-state index contributed by atoms with van der Waals surface area (Å²) in [5.41, 5.74) is -0.407. The number of aromatic nitrogens is 2. The number of aliphatic hydroxyl groups excluding tert-OH is 1. The van der Waals surface area contributed by atoms with Crippen molar-refractivity contribution in [2.75, 3.05) is 6.61 Å². The van der Waals surface area contributed by atoms with Crippen LogP contribution in [0.15, 0.2) is 11.1 Å². The quantitative estimate of drug-likeness (QED) is 0.703. The Hall–Kier alpha value is -1.38. The van der Waals surface area contributed by atoms with Crippen LogP contribution in [0.4, 0.5) is 0 Å². The first-order chi connectivity index (χ1) is 6.20. The molecule has 5 nitrogen and oxygen atoms in total. The number of H-pyrrole nitrogens is 1. The van der Waals surface area contributed by atoms with Crippen molar-refractivity contribution in [3.05, 3.63) is 27.4 Å². The summed E-state index contributed by atoms with van der Waals surface area (Å²) in [5.74, 6) is -0.852. The van der Waals surface area contributed by atoms with E-state index in [1.54, 1.807) is 6.07 Å². The summed E-state index contributed by atoms with van der Waals surface area (Å²) >= 11 is 5.58. The average molecular weight is 200 g/mol. The molecule has 2 N–H and O–H groups in total. The van der Waals surface area contributed by atoms with Gasteiger partial charge in [-0.05, 0) is 0 Å². The van der Waals surface area contributed by atoms with Gasteiger partial charge in [-0.25, -0.2) is 4.98 Å². The molecule has 0 fully saturated rings. The van der Waals surface area contributed by atoms with E-state index in [0.29, 0.717) is 0 Å². The fraction of sp³-hybridized carbons (Fsp3) is 0.286. The highest BCUT2D eigenvalue weighted by Crippen LogP contribution is 2.16. The topological polar surface area (TPSA) is 89.8 Å². The molecule has 1 unspecified atom stereocenters. The molecular weight excluding hydrogens is 194 g/mol. The van der Waals surface area contributed by atoms with Crippen LogP contribution in [-0.4, -0.2) is 21.7 Å². The standard InChI is InChI=1S/C7H6ClN3O2/c8-5-6(4(1-9)2-12)10-3-11-7(5)13/h3-4,12H,2H2,(H,10,11,13). The molecule has 0 amide bonds. The van der Waals surface area contributed by atoms with E-state index in [1.165, 1.54) is 0 Å². The van der Waals surface area contributed by atoms with Gasteiger partial charge in [0, 0.05) is 0 Å². The highest BCUT2D eigenvalue weighted by molar-refractivity contribution is 6.31. The number of rotatable bonds is 2. The lowest BCUT2D eigenvalue weighted by atomic mass is 10.1. The van der Waals surface area contributed by atoms with Gasteiger partial charge >= 0.3 is 0 Å². The molecule has 0 bridgehead atoms. The molecule has 0 saturated heterocycles. The van der Waals surface area contributed by atoms with E-state index < -0.39 is 18.1 Å². The van der Waals surface area contributed by atoms with Crippen LogP contribution in [0.25, 0.3) is 0 Å². The fourth-order valence-electron chi connectivity index (χ4n) is 0.828. The number of halogens is 1. The van der Waals surface area contributed by atoms with Gasteiger partial charge in [0.2, 0.25) is 0 Å². The number of aromatic amines is 1. The molecule has 1 heterocycles. The molecule has 0 aliphatic rings. The maximum absolute atomic E-state index is 11.0. The molecule has 1 rings (SSSR count). The van der Waals surface area contributed by atoms with Gasteiger partial charge in [-0.1, -0.05) is 11.6 Å². The zero-order valence-corrected chi connectivity index (χ0v) is 7.25. The van der Waals surface area contributed by atoms with Crippen molar-refractivity contribution in [1.29, 1.82) is 5.26 Å². The van der Waals surface area contributed by atoms with Crippen molar-refractivity contribution in [3.63, 3.8) is 0 Å². The molecule has 0 saturated carbocycles. The molecule has 0 aromatic carbocycles. The van der Waals surface area contributed by atoms with E-state index in [2.05, 4.69) is 9.97 Å². The van der Waals surface area contributed by atoms with Gasteiger partial charge < -0.3 is 10.1 Å². The van der Waals surface area contributed by atoms with Crippen molar-refractivity contribution in [2.24, 2.45) is 0 Å². The van der Waals surface area contributed by atoms with E-state index in [0.717, 1.165) is 6.33 Å². The second kappa shape index (κ2) is 4.03. The van der Waals surface area contributed by atoms with Crippen LogP contribution in [0.5, 0.6) is 0 Å². The SMILES string of the molecule is N#CC(CO)c1nc[nH]c(=O)c1Cl. The number of hydrogen-bond donors (Lipinski definition) is 2. The molecule has 0 spiro atoms. The zero-order valence-electron chi connectivity index (χ0n) is 6.49. The minimum absolute atomic E-state index is 0.107. The lowest BCUT2D eigenvalue weighted by Gasteiger charge is -2.04. The summed E-state index contributed by atoms with van der Waals surface area (Å²) in [6.07, 6.45) is 1.14. The van der Waals surface area contributed by atoms with Gasteiger partial charge in [-0.2, -0.15) is 5.26 Å². The summed E-state index contributed by atoms with van der Waals surface area (Å²) < 4.78 is 0. The third-order valence-corrected chi connectivity index (χ3v) is 1.86. The van der Waals surface area contributed by atoms with E-state index in [9.17, 15) is 4.79 Å². The van der Waals surface area contributed by atoms with Crippen LogP contribution in [0.1, 0.15) is 11.6 Å². The van der Waals surface area contributed by atoms with Gasteiger partial charge in [0.25, 0.3) is 5.56 Å². The number of nitrogens with one attached hydrogen (secondary N) is 1. The monoisotopic (exact) mass is 199 g/mol. The first-order valence-corrected chi connectivity index (χ1v) is 3.82. The first kappa shape index (κ1) is 9.71. The maximum atomic E-state index is 11.0. The molecule has 13 heavy (non-hydrogen) atoms. The van der Waals surface area contributed by atoms with E-state index in [1.807, 2.05) is 0 Å².